The van der Waals surface area contributed by atoms with Gasteiger partial charge in [0, 0.05) is 18.3 Å². The van der Waals surface area contributed by atoms with Crippen molar-refractivity contribution in [3.05, 3.63) is 48.2 Å². The summed E-state index contributed by atoms with van der Waals surface area (Å²) in [5.74, 6) is 1.06. The molecule has 82 valence electrons. The highest BCUT2D eigenvalue weighted by Crippen LogP contribution is 2.30. The Hall–Kier alpha value is -2.16. The van der Waals surface area contributed by atoms with Gasteiger partial charge in [0.2, 0.25) is 0 Å². The lowest BCUT2D eigenvalue weighted by molar-refractivity contribution is 0.697. The molecule has 3 heterocycles. The van der Waals surface area contributed by atoms with Crippen molar-refractivity contribution < 1.29 is 0 Å². The van der Waals surface area contributed by atoms with Crippen LogP contribution in [0.25, 0.3) is 22.6 Å². The van der Waals surface area contributed by atoms with E-state index >= 15 is 0 Å². The van der Waals surface area contributed by atoms with Crippen LogP contribution in [0.3, 0.4) is 0 Å². The number of hydrogen-bond acceptors (Lipinski definition) is 2. The van der Waals surface area contributed by atoms with Gasteiger partial charge in [0.1, 0.15) is 11.3 Å². The van der Waals surface area contributed by atoms with Crippen LogP contribution in [0.5, 0.6) is 0 Å². The van der Waals surface area contributed by atoms with Crippen molar-refractivity contribution in [2.75, 3.05) is 0 Å². The lowest BCUT2D eigenvalue weighted by Gasteiger charge is -2.17. The molecule has 3 aromatic rings. The predicted octanol–water partition coefficient (Wildman–Crippen LogP) is 2.65. The molecule has 0 saturated heterocycles. The number of rotatable bonds is 0. The van der Waals surface area contributed by atoms with Crippen LogP contribution in [-0.4, -0.2) is 14.5 Å². The molecule has 0 atom stereocenters. The molecule has 0 saturated carbocycles. The molecule has 1 aromatic carbocycles. The Kier molecular flexibility index (Phi) is 1.66. The average molecular weight is 221 g/mol. The van der Waals surface area contributed by atoms with Gasteiger partial charge in [0.25, 0.3) is 0 Å². The Balaban J connectivity index is 2.10. The first-order valence-electron chi connectivity index (χ1n) is 5.83. The summed E-state index contributed by atoms with van der Waals surface area (Å²) >= 11 is 0. The van der Waals surface area contributed by atoms with E-state index in [9.17, 15) is 0 Å². The van der Waals surface area contributed by atoms with Crippen molar-refractivity contribution in [2.24, 2.45) is 0 Å². The van der Waals surface area contributed by atoms with E-state index < -0.39 is 0 Å². The number of fused-ring (bicyclic) bond motifs is 5. The third-order valence-corrected chi connectivity index (χ3v) is 3.37. The third-order valence-electron chi connectivity index (χ3n) is 3.37. The summed E-state index contributed by atoms with van der Waals surface area (Å²) in [5, 5.41) is 0. The zero-order chi connectivity index (χ0) is 11.2. The Labute approximate surface area is 98.8 Å². The number of aryl methyl sites for hydroxylation is 2. The first kappa shape index (κ1) is 8.93. The van der Waals surface area contributed by atoms with Gasteiger partial charge in [-0.05, 0) is 24.1 Å². The first-order valence-corrected chi connectivity index (χ1v) is 5.83. The second-order valence-electron chi connectivity index (χ2n) is 4.34. The SMILES string of the molecule is c1ccc2c(c1)CCn1c-2nc2cccnc21. The fourth-order valence-corrected chi connectivity index (χ4v) is 2.56. The number of benzene rings is 1. The summed E-state index contributed by atoms with van der Waals surface area (Å²) in [6.07, 6.45) is 2.89. The lowest BCUT2D eigenvalue weighted by atomic mass is 10.0. The smallest absolute Gasteiger partial charge is 0.160 e. The van der Waals surface area contributed by atoms with Crippen molar-refractivity contribution in [3.8, 4) is 11.4 Å². The molecule has 0 radical (unpaired) electrons. The van der Waals surface area contributed by atoms with Crippen LogP contribution in [0.2, 0.25) is 0 Å². The van der Waals surface area contributed by atoms with Crippen LogP contribution in [0.4, 0.5) is 0 Å². The molecule has 0 spiro atoms. The van der Waals surface area contributed by atoms with Gasteiger partial charge in [-0.3, -0.25) is 0 Å². The Morgan fingerprint density at radius 2 is 2.00 bits per heavy atom. The highest BCUT2D eigenvalue weighted by Gasteiger charge is 2.19. The van der Waals surface area contributed by atoms with Gasteiger partial charge < -0.3 is 4.57 Å². The van der Waals surface area contributed by atoms with Gasteiger partial charge in [0.05, 0.1) is 0 Å². The van der Waals surface area contributed by atoms with Gasteiger partial charge in [0.15, 0.2) is 5.65 Å². The van der Waals surface area contributed by atoms with Crippen LogP contribution in [0.1, 0.15) is 5.56 Å². The standard InChI is InChI=1S/C14H11N3/c1-2-5-11-10(4-1)7-9-17-13(11)16-12-6-3-8-15-14(12)17/h1-6,8H,7,9H2. The number of hydrogen-bond donors (Lipinski definition) is 0. The van der Waals surface area contributed by atoms with Gasteiger partial charge >= 0.3 is 0 Å². The molecule has 0 amide bonds. The van der Waals surface area contributed by atoms with Crippen LogP contribution in [-0.2, 0) is 13.0 Å². The summed E-state index contributed by atoms with van der Waals surface area (Å²) < 4.78 is 2.22. The highest BCUT2D eigenvalue weighted by atomic mass is 15.1. The number of imidazole rings is 1. The van der Waals surface area contributed by atoms with Crippen LogP contribution >= 0.6 is 0 Å². The zero-order valence-corrected chi connectivity index (χ0v) is 9.30. The summed E-state index contributed by atoms with van der Waals surface area (Å²) in [4.78, 5) is 9.12. The van der Waals surface area contributed by atoms with E-state index in [0.717, 1.165) is 30.0 Å². The molecular formula is C14H11N3. The minimum atomic E-state index is 0.972. The quantitative estimate of drug-likeness (QED) is 0.584. The average Bonchev–Trinajstić information content (AvgIpc) is 2.78. The van der Waals surface area contributed by atoms with Crippen molar-refractivity contribution in [1.29, 1.82) is 0 Å². The van der Waals surface area contributed by atoms with E-state index in [1.165, 1.54) is 11.1 Å². The third kappa shape index (κ3) is 1.16. The fourth-order valence-electron chi connectivity index (χ4n) is 2.56. The summed E-state index contributed by atoms with van der Waals surface area (Å²) in [7, 11) is 0. The number of aromatic nitrogens is 3. The molecule has 4 rings (SSSR count). The largest absolute Gasteiger partial charge is 0.308 e. The molecule has 1 aliphatic heterocycles. The minimum absolute atomic E-state index is 0.972. The Morgan fingerprint density at radius 3 is 3.00 bits per heavy atom. The molecule has 3 nitrogen and oxygen atoms in total. The van der Waals surface area contributed by atoms with Gasteiger partial charge in [-0.1, -0.05) is 24.3 Å². The molecule has 3 heteroatoms. The molecule has 0 fully saturated rings. The van der Waals surface area contributed by atoms with Crippen molar-refractivity contribution in [2.45, 2.75) is 13.0 Å². The predicted molar refractivity (Wildman–Crippen MR) is 66.7 cm³/mol. The number of pyridine rings is 1. The molecule has 0 aliphatic carbocycles. The van der Waals surface area contributed by atoms with Crippen LogP contribution in [0.15, 0.2) is 42.6 Å². The molecule has 2 aromatic heterocycles. The van der Waals surface area contributed by atoms with E-state index in [2.05, 4.69) is 33.8 Å². The first-order chi connectivity index (χ1) is 8.43. The molecule has 0 unspecified atom stereocenters. The topological polar surface area (TPSA) is 30.7 Å². The summed E-state index contributed by atoms with van der Waals surface area (Å²) in [6, 6.07) is 12.5. The summed E-state index contributed by atoms with van der Waals surface area (Å²) in [6.45, 7) is 0.972. The van der Waals surface area contributed by atoms with Crippen LogP contribution in [0, 0.1) is 0 Å². The fraction of sp³-hybridized carbons (Fsp3) is 0.143. The summed E-state index contributed by atoms with van der Waals surface area (Å²) in [5.41, 5.74) is 4.61. The van der Waals surface area contributed by atoms with Gasteiger partial charge in [-0.2, -0.15) is 0 Å². The van der Waals surface area contributed by atoms with E-state index in [4.69, 9.17) is 4.98 Å². The molecular weight excluding hydrogens is 210 g/mol. The molecule has 17 heavy (non-hydrogen) atoms. The van der Waals surface area contributed by atoms with Gasteiger partial charge in [-0.15, -0.1) is 0 Å². The molecule has 0 bridgehead atoms. The number of nitrogens with zero attached hydrogens (tertiary/aromatic N) is 3. The lowest BCUT2D eigenvalue weighted by Crippen LogP contribution is -2.11. The van der Waals surface area contributed by atoms with E-state index in [1.807, 2.05) is 18.3 Å². The van der Waals surface area contributed by atoms with E-state index in [0.29, 0.717) is 0 Å². The maximum absolute atomic E-state index is 4.70. The molecule has 0 N–H and O–H groups in total. The Bertz CT molecular complexity index is 712. The maximum atomic E-state index is 4.70. The monoisotopic (exact) mass is 221 g/mol. The van der Waals surface area contributed by atoms with E-state index in [1.54, 1.807) is 0 Å². The van der Waals surface area contributed by atoms with Crippen LogP contribution < -0.4 is 0 Å². The van der Waals surface area contributed by atoms with Crippen molar-refractivity contribution in [1.82, 2.24) is 14.5 Å². The Morgan fingerprint density at radius 1 is 1.06 bits per heavy atom. The normalized spacial score (nSPS) is 13.4. The molecule has 1 aliphatic rings. The van der Waals surface area contributed by atoms with Crippen molar-refractivity contribution in [3.63, 3.8) is 0 Å². The highest BCUT2D eigenvalue weighted by molar-refractivity contribution is 5.78. The zero-order valence-electron chi connectivity index (χ0n) is 9.30. The second kappa shape index (κ2) is 3.17. The van der Waals surface area contributed by atoms with Crippen molar-refractivity contribution >= 4 is 11.2 Å². The van der Waals surface area contributed by atoms with E-state index in [-0.39, 0.29) is 0 Å². The minimum Gasteiger partial charge on any atom is -0.308 e. The maximum Gasteiger partial charge on any atom is 0.160 e. The van der Waals surface area contributed by atoms with Gasteiger partial charge in [-0.25, -0.2) is 9.97 Å². The second-order valence-corrected chi connectivity index (χ2v) is 4.34.